The molecule has 0 aliphatic heterocycles. The van der Waals surface area contributed by atoms with E-state index in [0.717, 1.165) is 6.42 Å². The summed E-state index contributed by atoms with van der Waals surface area (Å²) >= 11 is 0. The third-order valence-electron chi connectivity index (χ3n) is 1.90. The maximum Gasteiger partial charge on any atom is 0.251 e. The molecule has 82 valence electrons. The zero-order valence-corrected chi connectivity index (χ0v) is 9.13. The predicted octanol–water partition coefficient (Wildman–Crippen LogP) is 1.08. The van der Waals surface area contributed by atoms with Crippen molar-refractivity contribution >= 4 is 5.91 Å². The maximum absolute atomic E-state index is 11.4. The zero-order chi connectivity index (χ0) is 11.0. The van der Waals surface area contributed by atoms with Crippen LogP contribution >= 0.6 is 0 Å². The first-order valence-electron chi connectivity index (χ1n) is 4.60. The summed E-state index contributed by atoms with van der Waals surface area (Å²) < 4.78 is 9.93. The van der Waals surface area contributed by atoms with Gasteiger partial charge in [0.15, 0.2) is 0 Å². The normalized spacial score (nSPS) is 10.8. The standard InChI is InChI=1S/C10H19NO3/c1-5-14-8-6-7-11-9(12)10(2,3)13-4/h5H,1,6-8H2,2-4H3,(H,11,12). The van der Waals surface area contributed by atoms with Gasteiger partial charge in [0.1, 0.15) is 5.60 Å². The van der Waals surface area contributed by atoms with Crippen LogP contribution in [0.15, 0.2) is 12.8 Å². The lowest BCUT2D eigenvalue weighted by molar-refractivity contribution is -0.139. The summed E-state index contributed by atoms with van der Waals surface area (Å²) in [5, 5.41) is 2.75. The lowest BCUT2D eigenvalue weighted by atomic mass is 10.1. The van der Waals surface area contributed by atoms with Crippen LogP contribution in [0.25, 0.3) is 0 Å². The summed E-state index contributed by atoms with van der Waals surface area (Å²) in [5.41, 5.74) is -0.765. The Morgan fingerprint density at radius 3 is 2.71 bits per heavy atom. The van der Waals surface area contributed by atoms with E-state index >= 15 is 0 Å². The Kier molecular flexibility index (Phi) is 5.95. The molecule has 0 aliphatic carbocycles. The summed E-state index contributed by atoms with van der Waals surface area (Å²) in [4.78, 5) is 11.4. The number of amides is 1. The number of ether oxygens (including phenoxy) is 2. The van der Waals surface area contributed by atoms with Crippen LogP contribution in [-0.2, 0) is 14.3 Å². The van der Waals surface area contributed by atoms with Crippen LogP contribution in [0.1, 0.15) is 20.3 Å². The molecule has 0 radical (unpaired) electrons. The summed E-state index contributed by atoms with van der Waals surface area (Å²) in [7, 11) is 1.51. The molecule has 0 fully saturated rings. The molecule has 0 spiro atoms. The van der Waals surface area contributed by atoms with E-state index in [2.05, 4.69) is 11.9 Å². The molecule has 0 rings (SSSR count). The minimum absolute atomic E-state index is 0.112. The minimum Gasteiger partial charge on any atom is -0.502 e. The zero-order valence-electron chi connectivity index (χ0n) is 9.13. The smallest absolute Gasteiger partial charge is 0.251 e. The fraction of sp³-hybridized carbons (Fsp3) is 0.700. The number of carbonyl (C=O) groups is 1. The highest BCUT2D eigenvalue weighted by Crippen LogP contribution is 2.06. The molecule has 0 saturated carbocycles. The second-order valence-corrected chi connectivity index (χ2v) is 3.36. The van der Waals surface area contributed by atoms with Crippen LogP contribution in [0.3, 0.4) is 0 Å². The average molecular weight is 201 g/mol. The monoisotopic (exact) mass is 201 g/mol. The largest absolute Gasteiger partial charge is 0.502 e. The lowest BCUT2D eigenvalue weighted by Crippen LogP contribution is -2.44. The highest BCUT2D eigenvalue weighted by Gasteiger charge is 2.25. The second-order valence-electron chi connectivity index (χ2n) is 3.36. The Morgan fingerprint density at radius 1 is 1.57 bits per heavy atom. The molecule has 14 heavy (non-hydrogen) atoms. The highest BCUT2D eigenvalue weighted by atomic mass is 16.5. The van der Waals surface area contributed by atoms with Gasteiger partial charge in [0.25, 0.3) is 5.91 Å². The van der Waals surface area contributed by atoms with E-state index < -0.39 is 5.60 Å². The maximum atomic E-state index is 11.4. The van der Waals surface area contributed by atoms with Crippen molar-refractivity contribution in [3.05, 3.63) is 12.8 Å². The van der Waals surface area contributed by atoms with Crippen LogP contribution in [0, 0.1) is 0 Å². The van der Waals surface area contributed by atoms with Crippen LogP contribution < -0.4 is 5.32 Å². The quantitative estimate of drug-likeness (QED) is 0.495. The van der Waals surface area contributed by atoms with E-state index in [9.17, 15) is 4.79 Å². The van der Waals surface area contributed by atoms with Crippen molar-refractivity contribution < 1.29 is 14.3 Å². The predicted molar refractivity (Wildman–Crippen MR) is 54.9 cm³/mol. The number of hydrogen-bond donors (Lipinski definition) is 1. The number of nitrogens with one attached hydrogen (secondary N) is 1. The van der Waals surface area contributed by atoms with Crippen molar-refractivity contribution in [1.82, 2.24) is 5.32 Å². The third kappa shape index (κ3) is 4.87. The van der Waals surface area contributed by atoms with Crippen molar-refractivity contribution in [2.45, 2.75) is 25.9 Å². The lowest BCUT2D eigenvalue weighted by Gasteiger charge is -2.21. The van der Waals surface area contributed by atoms with E-state index in [4.69, 9.17) is 9.47 Å². The number of rotatable bonds is 7. The number of hydrogen-bond acceptors (Lipinski definition) is 3. The molecule has 0 unspecified atom stereocenters. The fourth-order valence-corrected chi connectivity index (χ4v) is 0.746. The Bertz CT molecular complexity index is 190. The SMILES string of the molecule is C=COCCCNC(=O)C(C)(C)OC. The molecule has 0 atom stereocenters. The Hall–Kier alpha value is -1.03. The van der Waals surface area contributed by atoms with Crippen molar-refractivity contribution in [2.75, 3.05) is 20.3 Å². The Labute approximate surface area is 85.3 Å². The number of carbonyl (C=O) groups excluding carboxylic acids is 1. The van der Waals surface area contributed by atoms with Crippen molar-refractivity contribution in [3.63, 3.8) is 0 Å². The average Bonchev–Trinajstić information content (AvgIpc) is 2.17. The molecule has 4 nitrogen and oxygen atoms in total. The summed E-state index contributed by atoms with van der Waals surface area (Å²) in [5.74, 6) is -0.112. The fourth-order valence-electron chi connectivity index (χ4n) is 0.746. The highest BCUT2D eigenvalue weighted by molar-refractivity contribution is 5.84. The molecule has 4 heteroatoms. The second kappa shape index (κ2) is 6.43. The van der Waals surface area contributed by atoms with E-state index in [0.29, 0.717) is 13.2 Å². The van der Waals surface area contributed by atoms with E-state index in [-0.39, 0.29) is 5.91 Å². The summed E-state index contributed by atoms with van der Waals surface area (Å²) in [6.07, 6.45) is 2.15. The van der Waals surface area contributed by atoms with Gasteiger partial charge in [-0.25, -0.2) is 0 Å². The van der Waals surface area contributed by atoms with Gasteiger partial charge in [-0.3, -0.25) is 4.79 Å². The Balaban J connectivity index is 3.59. The van der Waals surface area contributed by atoms with Gasteiger partial charge in [0.05, 0.1) is 12.9 Å². The number of methoxy groups -OCH3 is 1. The van der Waals surface area contributed by atoms with Crippen molar-refractivity contribution in [3.8, 4) is 0 Å². The molecule has 0 aliphatic rings. The molecule has 1 N–H and O–H groups in total. The van der Waals surface area contributed by atoms with Gasteiger partial charge < -0.3 is 14.8 Å². The van der Waals surface area contributed by atoms with Crippen molar-refractivity contribution in [2.24, 2.45) is 0 Å². The van der Waals surface area contributed by atoms with Gasteiger partial charge in [-0.15, -0.1) is 0 Å². The van der Waals surface area contributed by atoms with E-state index in [1.165, 1.54) is 13.4 Å². The van der Waals surface area contributed by atoms with E-state index in [1.807, 2.05) is 0 Å². The molecule has 1 amide bonds. The van der Waals surface area contributed by atoms with Gasteiger partial charge >= 0.3 is 0 Å². The van der Waals surface area contributed by atoms with Gasteiger partial charge in [-0.2, -0.15) is 0 Å². The van der Waals surface area contributed by atoms with Gasteiger partial charge in [0.2, 0.25) is 0 Å². The van der Waals surface area contributed by atoms with Gasteiger partial charge in [-0.05, 0) is 20.3 Å². The first-order chi connectivity index (χ1) is 6.54. The molecule has 0 aromatic carbocycles. The molecule has 0 heterocycles. The van der Waals surface area contributed by atoms with Crippen molar-refractivity contribution in [1.29, 1.82) is 0 Å². The Morgan fingerprint density at radius 2 is 2.21 bits per heavy atom. The molecule has 0 saturated heterocycles. The van der Waals surface area contributed by atoms with Crippen LogP contribution in [0.5, 0.6) is 0 Å². The van der Waals surface area contributed by atoms with Gasteiger partial charge in [-0.1, -0.05) is 6.58 Å². The first-order valence-corrected chi connectivity index (χ1v) is 4.60. The summed E-state index contributed by atoms with van der Waals surface area (Å²) in [6, 6.07) is 0. The van der Waals surface area contributed by atoms with E-state index in [1.54, 1.807) is 13.8 Å². The van der Waals surface area contributed by atoms with Crippen LogP contribution in [0.4, 0.5) is 0 Å². The van der Waals surface area contributed by atoms with Gasteiger partial charge in [0, 0.05) is 13.7 Å². The third-order valence-corrected chi connectivity index (χ3v) is 1.90. The molecular formula is C10H19NO3. The topological polar surface area (TPSA) is 47.6 Å². The van der Waals surface area contributed by atoms with Crippen LogP contribution in [0.2, 0.25) is 0 Å². The van der Waals surface area contributed by atoms with Crippen LogP contribution in [-0.4, -0.2) is 31.8 Å². The first kappa shape index (κ1) is 13.0. The molecular weight excluding hydrogens is 182 g/mol. The molecule has 0 aromatic rings. The molecule has 0 aromatic heterocycles. The molecule has 0 bridgehead atoms. The summed E-state index contributed by atoms with van der Waals surface area (Å²) in [6.45, 7) is 8.02. The minimum atomic E-state index is -0.765.